The summed E-state index contributed by atoms with van der Waals surface area (Å²) in [6.07, 6.45) is 0. The minimum atomic E-state index is -0.183. The molecule has 0 aliphatic heterocycles. The molecule has 0 spiro atoms. The van der Waals surface area contributed by atoms with Gasteiger partial charge in [0.1, 0.15) is 16.9 Å². The van der Waals surface area contributed by atoms with Crippen molar-refractivity contribution < 1.29 is 4.79 Å². The molecule has 0 aliphatic rings. The molecule has 0 bridgehead atoms. The van der Waals surface area contributed by atoms with Crippen molar-refractivity contribution in [1.82, 2.24) is 20.7 Å². The van der Waals surface area contributed by atoms with Crippen molar-refractivity contribution in [2.75, 3.05) is 5.88 Å². The van der Waals surface area contributed by atoms with Crippen LogP contribution in [0.3, 0.4) is 0 Å². The van der Waals surface area contributed by atoms with Crippen LogP contribution in [0.5, 0.6) is 0 Å². The van der Waals surface area contributed by atoms with Gasteiger partial charge in [0.2, 0.25) is 5.91 Å². The third-order valence-electron chi connectivity index (χ3n) is 1.99. The average Bonchev–Trinajstić information content (AvgIpc) is 2.72. The molecule has 0 unspecified atom stereocenters. The molecule has 0 fully saturated rings. The number of amides is 1. The van der Waals surface area contributed by atoms with Gasteiger partial charge in [-0.25, -0.2) is 0 Å². The number of H-pyrrole nitrogens is 1. The van der Waals surface area contributed by atoms with Gasteiger partial charge in [0, 0.05) is 6.54 Å². The number of aromatic nitrogens is 3. The van der Waals surface area contributed by atoms with E-state index < -0.39 is 0 Å². The van der Waals surface area contributed by atoms with E-state index in [-0.39, 0.29) is 11.8 Å². The third-order valence-corrected chi connectivity index (χ3v) is 2.23. The lowest BCUT2D eigenvalue weighted by atomic mass is 10.2. The highest BCUT2D eigenvalue weighted by atomic mass is 35.5. The summed E-state index contributed by atoms with van der Waals surface area (Å²) in [5.41, 5.74) is 2.56. The number of hydrogen-bond acceptors (Lipinski definition) is 3. The van der Waals surface area contributed by atoms with Gasteiger partial charge in [0.05, 0.1) is 0 Å². The van der Waals surface area contributed by atoms with Crippen molar-refractivity contribution >= 4 is 28.5 Å². The fourth-order valence-corrected chi connectivity index (χ4v) is 1.34. The van der Waals surface area contributed by atoms with E-state index in [1.807, 2.05) is 18.2 Å². The molecule has 1 heterocycles. The monoisotopic (exact) mass is 224 g/mol. The Morgan fingerprint density at radius 1 is 1.40 bits per heavy atom. The Morgan fingerprint density at radius 2 is 2.20 bits per heavy atom. The molecule has 6 heteroatoms. The zero-order chi connectivity index (χ0) is 10.7. The molecule has 78 valence electrons. The zero-order valence-electron chi connectivity index (χ0n) is 7.83. The van der Waals surface area contributed by atoms with Gasteiger partial charge in [-0.3, -0.25) is 4.79 Å². The van der Waals surface area contributed by atoms with Gasteiger partial charge in [0.25, 0.3) is 0 Å². The van der Waals surface area contributed by atoms with Crippen LogP contribution >= 0.6 is 11.6 Å². The van der Waals surface area contributed by atoms with Gasteiger partial charge in [-0.1, -0.05) is 6.07 Å². The molecule has 15 heavy (non-hydrogen) atoms. The minimum Gasteiger partial charge on any atom is -0.351 e. The number of nitrogens with zero attached hydrogens (tertiary/aromatic N) is 2. The highest BCUT2D eigenvalue weighted by Crippen LogP contribution is 2.10. The van der Waals surface area contributed by atoms with Crippen LogP contribution in [-0.4, -0.2) is 27.2 Å². The third kappa shape index (κ3) is 2.24. The lowest BCUT2D eigenvalue weighted by molar-refractivity contribution is -0.118. The Kier molecular flexibility index (Phi) is 2.82. The van der Waals surface area contributed by atoms with Crippen LogP contribution in [0.1, 0.15) is 5.56 Å². The van der Waals surface area contributed by atoms with Crippen molar-refractivity contribution in [1.29, 1.82) is 0 Å². The van der Waals surface area contributed by atoms with Gasteiger partial charge >= 0.3 is 0 Å². The summed E-state index contributed by atoms with van der Waals surface area (Å²) in [5.74, 6) is -0.205. The van der Waals surface area contributed by atoms with E-state index >= 15 is 0 Å². The number of rotatable bonds is 3. The maximum Gasteiger partial charge on any atom is 0.235 e. The van der Waals surface area contributed by atoms with Gasteiger partial charge in [-0.2, -0.15) is 15.4 Å². The van der Waals surface area contributed by atoms with Crippen LogP contribution in [0, 0.1) is 0 Å². The lowest BCUT2D eigenvalue weighted by Gasteiger charge is -2.02. The number of nitrogens with one attached hydrogen (secondary N) is 2. The maximum absolute atomic E-state index is 10.9. The van der Waals surface area contributed by atoms with E-state index in [0.717, 1.165) is 16.6 Å². The predicted octanol–water partition coefficient (Wildman–Crippen LogP) is 0.813. The number of aromatic amines is 1. The van der Waals surface area contributed by atoms with Crippen molar-refractivity contribution in [3.8, 4) is 0 Å². The molecule has 0 saturated carbocycles. The Bertz CT molecular complexity index is 482. The summed E-state index contributed by atoms with van der Waals surface area (Å²) < 4.78 is 0. The topological polar surface area (TPSA) is 70.7 Å². The number of alkyl halides is 1. The van der Waals surface area contributed by atoms with Crippen molar-refractivity contribution in [2.24, 2.45) is 0 Å². The number of fused-ring (bicyclic) bond motifs is 1. The Labute approximate surface area is 90.8 Å². The van der Waals surface area contributed by atoms with Crippen LogP contribution in [0.2, 0.25) is 0 Å². The predicted molar refractivity (Wildman–Crippen MR) is 56.5 cm³/mol. The molecule has 2 aromatic rings. The molecule has 2 N–H and O–H groups in total. The molecule has 1 aromatic carbocycles. The molecule has 0 atom stereocenters. The van der Waals surface area contributed by atoms with E-state index in [1.54, 1.807) is 0 Å². The molecular formula is C9H9ClN4O. The fourth-order valence-electron chi connectivity index (χ4n) is 1.24. The highest BCUT2D eigenvalue weighted by Gasteiger charge is 2.01. The summed E-state index contributed by atoms with van der Waals surface area (Å²) in [6.45, 7) is 0.453. The van der Waals surface area contributed by atoms with Gasteiger partial charge < -0.3 is 5.32 Å². The Balaban J connectivity index is 2.11. The molecule has 5 nitrogen and oxygen atoms in total. The van der Waals surface area contributed by atoms with E-state index in [9.17, 15) is 4.79 Å². The molecule has 2 rings (SSSR count). The van der Waals surface area contributed by atoms with Gasteiger partial charge in [0.15, 0.2) is 0 Å². The summed E-state index contributed by atoms with van der Waals surface area (Å²) in [5, 5.41) is 13.1. The number of benzene rings is 1. The standard InChI is InChI=1S/C9H9ClN4O/c10-4-9(15)11-5-6-1-2-7-8(3-6)13-14-12-7/h1-3H,4-5H2,(H,11,15)(H,12,13,14). The largest absolute Gasteiger partial charge is 0.351 e. The second-order valence-corrected chi connectivity index (χ2v) is 3.32. The fraction of sp³-hybridized carbons (Fsp3) is 0.222. The van der Waals surface area contributed by atoms with Crippen LogP contribution in [0.25, 0.3) is 11.0 Å². The Hall–Kier alpha value is -1.62. The first-order valence-corrected chi connectivity index (χ1v) is 4.95. The van der Waals surface area contributed by atoms with Crippen LogP contribution < -0.4 is 5.32 Å². The number of carbonyl (C=O) groups excluding carboxylic acids is 1. The van der Waals surface area contributed by atoms with E-state index in [4.69, 9.17) is 11.6 Å². The molecule has 1 aromatic heterocycles. The van der Waals surface area contributed by atoms with Crippen molar-refractivity contribution in [3.05, 3.63) is 23.8 Å². The minimum absolute atomic E-state index is 0.0216. The smallest absolute Gasteiger partial charge is 0.235 e. The van der Waals surface area contributed by atoms with Gasteiger partial charge in [-0.15, -0.1) is 11.6 Å². The Morgan fingerprint density at radius 3 is 3.00 bits per heavy atom. The first kappa shape index (κ1) is 9.92. The first-order valence-electron chi connectivity index (χ1n) is 4.41. The summed E-state index contributed by atoms with van der Waals surface area (Å²) in [4.78, 5) is 10.9. The molecule has 0 aliphatic carbocycles. The highest BCUT2D eigenvalue weighted by molar-refractivity contribution is 6.27. The second-order valence-electron chi connectivity index (χ2n) is 3.06. The molecule has 0 radical (unpaired) electrons. The summed E-state index contributed by atoms with van der Waals surface area (Å²) in [6, 6.07) is 5.60. The average molecular weight is 225 g/mol. The summed E-state index contributed by atoms with van der Waals surface area (Å²) >= 11 is 5.36. The molecule has 0 saturated heterocycles. The normalized spacial score (nSPS) is 10.5. The maximum atomic E-state index is 10.9. The SMILES string of the molecule is O=C(CCl)NCc1ccc2n[nH]nc2c1. The number of carbonyl (C=O) groups is 1. The van der Waals surface area contributed by atoms with Crippen LogP contribution in [0.4, 0.5) is 0 Å². The molecular weight excluding hydrogens is 216 g/mol. The quantitative estimate of drug-likeness (QED) is 0.758. The van der Waals surface area contributed by atoms with Crippen molar-refractivity contribution in [2.45, 2.75) is 6.54 Å². The molecule has 1 amide bonds. The number of hydrogen-bond donors (Lipinski definition) is 2. The van der Waals surface area contributed by atoms with Gasteiger partial charge in [-0.05, 0) is 17.7 Å². The lowest BCUT2D eigenvalue weighted by Crippen LogP contribution is -2.23. The zero-order valence-corrected chi connectivity index (χ0v) is 8.58. The first-order chi connectivity index (χ1) is 7.29. The van der Waals surface area contributed by atoms with Crippen molar-refractivity contribution in [3.63, 3.8) is 0 Å². The van der Waals surface area contributed by atoms with E-state index in [2.05, 4.69) is 20.7 Å². The van der Waals surface area contributed by atoms with Crippen LogP contribution in [0.15, 0.2) is 18.2 Å². The van der Waals surface area contributed by atoms with Crippen LogP contribution in [-0.2, 0) is 11.3 Å². The summed E-state index contributed by atoms with van der Waals surface area (Å²) in [7, 11) is 0. The van der Waals surface area contributed by atoms with E-state index in [1.165, 1.54) is 0 Å². The number of halogens is 1. The van der Waals surface area contributed by atoms with E-state index in [0.29, 0.717) is 6.54 Å². The second kappa shape index (κ2) is 4.27.